The van der Waals surface area contributed by atoms with Crippen molar-refractivity contribution >= 4 is 63.3 Å². The van der Waals surface area contributed by atoms with Crippen LogP contribution in [0.5, 0.6) is 5.75 Å². The van der Waals surface area contributed by atoms with Gasteiger partial charge in [0, 0.05) is 66.9 Å². The fraction of sp³-hybridized carbons (Fsp3) is 0.444. The van der Waals surface area contributed by atoms with E-state index in [1.54, 1.807) is 41.4 Å². The molecule has 5 amide bonds. The highest BCUT2D eigenvalue weighted by Gasteiger charge is 2.41. The molecular weight excluding hydrogens is 1520 g/mol. The number of carbonyl (C=O) groups is 5. The summed E-state index contributed by atoms with van der Waals surface area (Å²) in [6.45, 7) is 33.0. The van der Waals surface area contributed by atoms with Crippen LogP contribution in [0.1, 0.15) is 169 Å². The number of nitrogens with zero attached hydrogens (tertiary/aromatic N) is 6. The van der Waals surface area contributed by atoms with E-state index in [0.717, 1.165) is 89.5 Å². The Bertz CT molecular complexity index is 4660. The lowest BCUT2D eigenvalue weighted by molar-refractivity contribution is 0.0153. The van der Waals surface area contributed by atoms with Crippen LogP contribution in [0.25, 0.3) is 22.3 Å². The molecule has 4 aliphatic rings. The highest BCUT2D eigenvalue weighted by atomic mass is 79.9. The van der Waals surface area contributed by atoms with Crippen molar-refractivity contribution in [3.05, 3.63) is 217 Å². The van der Waals surface area contributed by atoms with Gasteiger partial charge in [0.15, 0.2) is 0 Å². The lowest BCUT2D eigenvalue weighted by atomic mass is 9.98. The van der Waals surface area contributed by atoms with Crippen molar-refractivity contribution < 1.29 is 52.4 Å². The molecule has 0 bridgehead atoms. The van der Waals surface area contributed by atoms with Gasteiger partial charge in [-0.05, 0) is 226 Å². The number of hydrogen-bond donors (Lipinski definition) is 7. The Balaban J connectivity index is 0.000000183. The van der Waals surface area contributed by atoms with Crippen LogP contribution in [0.4, 0.5) is 27.0 Å². The third-order valence-corrected chi connectivity index (χ3v) is 21.6. The maximum Gasteiger partial charge on any atom is 0.410 e. The van der Waals surface area contributed by atoms with E-state index in [0.29, 0.717) is 49.5 Å². The van der Waals surface area contributed by atoms with Crippen molar-refractivity contribution in [1.82, 2.24) is 50.9 Å². The maximum atomic E-state index is 13.5. The summed E-state index contributed by atoms with van der Waals surface area (Å²) in [6.07, 6.45) is 8.45. The molecule has 7 heterocycles. The summed E-state index contributed by atoms with van der Waals surface area (Å²) in [4.78, 5) is 83.7. The number of nitrogens with two attached hydrogens (primary N) is 3. The van der Waals surface area contributed by atoms with Crippen molar-refractivity contribution in [3.63, 3.8) is 0 Å². The van der Waals surface area contributed by atoms with Gasteiger partial charge in [-0.15, -0.1) is 0 Å². The van der Waals surface area contributed by atoms with Crippen molar-refractivity contribution in [2.75, 3.05) is 76.7 Å². The SMILES string of the molecule is CCc1cc(CO[C@H]2CN(C(=O)OC(C)(C)C)C[C@@H]2NC(=O)c2cc(-c3ccc(OC)cc3)cnc2N)ccc1C.CCc1cc(CO[C@H]2CN(C(=O)OC(C)(C)C)C[C@@H]2NC(=O)c2cc(Br)cnc2N)ccc1C.CCc1cc(CO[C@H]2CNC[C@@H]2NC(=O)c2cc(-c3ccc(CN4CCC(C)CC4)cc3)cnc2N)ccc1C. The van der Waals surface area contributed by atoms with E-state index < -0.39 is 53.6 Å². The van der Waals surface area contributed by atoms with Gasteiger partial charge in [-0.2, -0.15) is 0 Å². The summed E-state index contributed by atoms with van der Waals surface area (Å²) in [5.41, 5.74) is 33.5. The smallest absolute Gasteiger partial charge is 0.410 e. The molecule has 4 saturated heterocycles. The fourth-order valence-corrected chi connectivity index (χ4v) is 14.7. The number of nitrogens with one attached hydrogen (secondary N) is 4. The average molecular weight is 1640 g/mol. The number of hydrogen-bond acceptors (Lipinski definition) is 19. The lowest BCUT2D eigenvalue weighted by Crippen LogP contribution is -2.44. The van der Waals surface area contributed by atoms with Gasteiger partial charge in [0.2, 0.25) is 0 Å². The summed E-state index contributed by atoms with van der Waals surface area (Å²) >= 11 is 3.32. The van der Waals surface area contributed by atoms with Crippen LogP contribution in [0.3, 0.4) is 0 Å². The number of halogens is 1. The van der Waals surface area contributed by atoms with Gasteiger partial charge in [-0.1, -0.05) is 119 Å². The quantitative estimate of drug-likeness (QED) is 0.0313. The zero-order valence-corrected chi connectivity index (χ0v) is 70.7. The van der Waals surface area contributed by atoms with E-state index in [1.165, 1.54) is 58.0 Å². The third kappa shape index (κ3) is 24.8. The Morgan fingerprint density at radius 1 is 0.487 bits per heavy atom. The molecule has 25 heteroatoms. The highest BCUT2D eigenvalue weighted by molar-refractivity contribution is 9.10. The van der Waals surface area contributed by atoms with Crippen LogP contribution in [0.2, 0.25) is 0 Å². The number of methoxy groups -OCH3 is 1. The molecule has 3 aromatic heterocycles. The molecule has 8 aromatic rings. The lowest BCUT2D eigenvalue weighted by Gasteiger charge is -2.30. The van der Waals surface area contributed by atoms with Crippen molar-refractivity contribution in [1.29, 1.82) is 0 Å². The molecule has 10 N–H and O–H groups in total. The second-order valence-electron chi connectivity index (χ2n) is 32.3. The van der Waals surface area contributed by atoms with Crippen molar-refractivity contribution in [2.45, 2.75) is 196 Å². The zero-order chi connectivity index (χ0) is 82.8. The number of carbonyl (C=O) groups excluding carboxylic acids is 5. The number of ether oxygens (including phenoxy) is 6. The molecular formula is C90H116BrN13O11. The van der Waals surface area contributed by atoms with E-state index in [9.17, 15) is 24.0 Å². The molecule has 614 valence electrons. The molecule has 115 heavy (non-hydrogen) atoms. The Labute approximate surface area is 686 Å². The van der Waals surface area contributed by atoms with E-state index >= 15 is 0 Å². The number of benzene rings is 5. The zero-order valence-electron chi connectivity index (χ0n) is 69.1. The van der Waals surface area contributed by atoms with E-state index in [-0.39, 0.29) is 72.2 Å². The first kappa shape index (κ1) is 87.4. The fourth-order valence-electron chi connectivity index (χ4n) is 14.3. The number of piperidine rings is 1. The standard InChI is InChI=1S/C33H43N5O2.C32H40N4O5.C25H33BrN4O4/c1-4-26-15-25(6-5-23(26)3)21-40-31-19-35-18-30(31)37-33(39)29-16-28(17-36-32(29)34)27-9-7-24(8-10-27)20-38-13-11-22(2)12-14-38;1-7-22-14-21(9-8-20(22)2)19-40-28-18-36(31(38)41-32(3,4)5)17-27(28)35-30(37)26-15-24(16-34-29(26)33)23-10-12-25(39-6)13-11-23;1-6-17-9-16(8-7-15(17)2)14-33-21-13-30(24(32)34-25(3,4)5)12-20(21)29-23(31)19-10-18(26)11-28-22(19)27/h5-10,15-17,22,30-31,35H,4,11-14,18-21H2,1-3H3,(H2,34,36)(H,37,39);8-16,27-28H,7,17-19H2,1-6H3,(H2,33,34)(H,35,37);7-11,20-21H,6,12-14H2,1-5H3,(H2,27,28)(H,29,31)/t30-,31-;27-,28-;20-,21-/m000/s1. The number of rotatable bonds is 23. The van der Waals surface area contributed by atoms with Gasteiger partial charge in [-0.3, -0.25) is 19.3 Å². The maximum absolute atomic E-state index is 13.5. The molecule has 12 rings (SSSR count). The Hall–Kier alpha value is -10.0. The van der Waals surface area contributed by atoms with Crippen molar-refractivity contribution in [2.24, 2.45) is 5.92 Å². The predicted octanol–water partition coefficient (Wildman–Crippen LogP) is 14.1. The van der Waals surface area contributed by atoms with Crippen LogP contribution in [0.15, 0.2) is 144 Å². The van der Waals surface area contributed by atoms with Crippen LogP contribution >= 0.6 is 15.9 Å². The monoisotopic (exact) mass is 1630 g/mol. The van der Waals surface area contributed by atoms with E-state index in [2.05, 4.69) is 172 Å². The first-order valence-electron chi connectivity index (χ1n) is 39.9. The first-order chi connectivity index (χ1) is 54.8. The second kappa shape index (κ2) is 40.0. The van der Waals surface area contributed by atoms with Crippen LogP contribution < -0.4 is 43.2 Å². The molecule has 5 aromatic carbocycles. The predicted molar refractivity (Wildman–Crippen MR) is 454 cm³/mol. The molecule has 0 spiro atoms. The summed E-state index contributed by atoms with van der Waals surface area (Å²) in [5.74, 6) is 1.05. The van der Waals surface area contributed by atoms with Gasteiger partial charge >= 0.3 is 12.2 Å². The number of likely N-dealkylation sites (tertiary alicyclic amines) is 3. The minimum Gasteiger partial charge on any atom is -0.497 e. The van der Waals surface area contributed by atoms with Crippen molar-refractivity contribution in [3.8, 4) is 28.0 Å². The summed E-state index contributed by atoms with van der Waals surface area (Å²) in [7, 11) is 1.61. The van der Waals surface area contributed by atoms with Crippen LogP contribution in [-0.4, -0.2) is 167 Å². The second-order valence-corrected chi connectivity index (χ2v) is 33.3. The van der Waals surface area contributed by atoms with Gasteiger partial charge < -0.3 is 76.7 Å². The van der Waals surface area contributed by atoms with Gasteiger partial charge in [-0.25, -0.2) is 24.5 Å². The van der Waals surface area contributed by atoms with Gasteiger partial charge in [0.05, 0.1) is 93.1 Å². The summed E-state index contributed by atoms with van der Waals surface area (Å²) in [5, 5.41) is 12.5. The minimum atomic E-state index is -0.644. The normalized spacial score (nSPS) is 18.4. The molecule has 0 unspecified atom stereocenters. The van der Waals surface area contributed by atoms with E-state index in [4.69, 9.17) is 45.6 Å². The number of nitrogen functional groups attached to an aromatic ring is 3. The Morgan fingerprint density at radius 3 is 1.28 bits per heavy atom. The molecule has 6 atom stereocenters. The number of aryl methyl sites for hydroxylation is 6. The summed E-state index contributed by atoms with van der Waals surface area (Å²) < 4.78 is 35.8. The number of pyridine rings is 3. The number of amides is 5. The molecule has 4 fully saturated rings. The Kier molecular flexibility index (Phi) is 30.4. The topological polar surface area (TPSA) is 315 Å². The van der Waals surface area contributed by atoms with Gasteiger partial charge in [0.25, 0.3) is 17.7 Å². The van der Waals surface area contributed by atoms with E-state index in [1.807, 2.05) is 84.0 Å². The average Bonchev–Trinajstić information content (AvgIpc) is 1.75. The third-order valence-electron chi connectivity index (χ3n) is 21.2. The van der Waals surface area contributed by atoms with Crippen LogP contribution in [-0.2, 0) is 69.3 Å². The molecule has 0 radical (unpaired) electrons. The Morgan fingerprint density at radius 2 is 0.870 bits per heavy atom. The highest BCUT2D eigenvalue weighted by Crippen LogP contribution is 2.30. The first-order valence-corrected chi connectivity index (χ1v) is 40.7. The van der Waals surface area contributed by atoms with Gasteiger partial charge in [0.1, 0.15) is 34.4 Å². The molecule has 0 saturated carbocycles. The number of anilines is 3. The molecule has 0 aliphatic carbocycles. The number of aromatic nitrogens is 3. The van der Waals surface area contributed by atoms with Crippen LogP contribution in [0, 0.1) is 26.7 Å². The minimum absolute atomic E-state index is 0.117. The largest absolute Gasteiger partial charge is 0.497 e. The summed E-state index contributed by atoms with van der Waals surface area (Å²) in [6, 6.07) is 39.1. The molecule has 4 aliphatic heterocycles. The molecule has 24 nitrogen and oxygen atoms in total.